The van der Waals surface area contributed by atoms with Crippen LogP contribution in [-0.4, -0.2) is 18.1 Å². The van der Waals surface area contributed by atoms with E-state index in [1.54, 1.807) is 0 Å². The third-order valence-electron chi connectivity index (χ3n) is 2.23. The number of nitriles is 1. The van der Waals surface area contributed by atoms with E-state index in [0.29, 0.717) is 11.0 Å². The monoisotopic (exact) mass is 298 g/mol. The van der Waals surface area contributed by atoms with Gasteiger partial charge < -0.3 is 16.8 Å². The van der Waals surface area contributed by atoms with Crippen LogP contribution in [0.15, 0.2) is 11.3 Å². The van der Waals surface area contributed by atoms with Gasteiger partial charge in [-0.25, -0.2) is 0 Å². The minimum atomic E-state index is 0.145. The van der Waals surface area contributed by atoms with E-state index in [2.05, 4.69) is 46.9 Å². The van der Waals surface area contributed by atoms with Gasteiger partial charge in [0, 0.05) is 12.2 Å². The van der Waals surface area contributed by atoms with Crippen molar-refractivity contribution >= 4 is 17.2 Å². The fourth-order valence-corrected chi connectivity index (χ4v) is 1.01. The highest BCUT2D eigenvalue weighted by atomic mass is 32.1. The number of hydrogen-bond donors (Lipinski definition) is 3. The van der Waals surface area contributed by atoms with Gasteiger partial charge in [0.15, 0.2) is 0 Å². The lowest BCUT2D eigenvalue weighted by Crippen LogP contribution is -2.27. The minimum absolute atomic E-state index is 0.145. The molecule has 0 aliphatic heterocycles. The van der Waals surface area contributed by atoms with Gasteiger partial charge in [-0.2, -0.15) is 5.26 Å². The molecule has 0 fully saturated rings. The predicted molar refractivity (Wildman–Crippen MR) is 91.1 cm³/mol. The topological polar surface area (TPSA) is 87.9 Å². The van der Waals surface area contributed by atoms with Gasteiger partial charge in [0.05, 0.1) is 0 Å². The zero-order valence-corrected chi connectivity index (χ0v) is 14.7. The molecule has 0 aromatic carbocycles. The molecular formula is C15H30N4S. The Morgan fingerprint density at radius 3 is 1.75 bits per heavy atom. The first-order chi connectivity index (χ1) is 8.84. The summed E-state index contributed by atoms with van der Waals surface area (Å²) in [5.41, 5.74) is 12.3. The highest BCUT2D eigenvalue weighted by Crippen LogP contribution is 2.12. The van der Waals surface area contributed by atoms with Gasteiger partial charge in [0.2, 0.25) is 0 Å². The summed E-state index contributed by atoms with van der Waals surface area (Å²) in [4.78, 5) is 0.145. The third kappa shape index (κ3) is 13.3. The maximum Gasteiger partial charge on any atom is 0.116 e. The Morgan fingerprint density at radius 2 is 1.55 bits per heavy atom. The van der Waals surface area contributed by atoms with Crippen molar-refractivity contribution in [2.45, 2.75) is 48.5 Å². The summed E-state index contributed by atoms with van der Waals surface area (Å²) in [5, 5.41) is 11.9. The lowest BCUT2D eigenvalue weighted by Gasteiger charge is -2.20. The van der Waals surface area contributed by atoms with Crippen molar-refractivity contribution in [1.82, 2.24) is 5.32 Å². The second-order valence-corrected chi connectivity index (χ2v) is 7.59. The van der Waals surface area contributed by atoms with Crippen LogP contribution in [0.1, 0.15) is 48.5 Å². The molecule has 0 aliphatic carbocycles. The fourth-order valence-electron chi connectivity index (χ4n) is 0.810. The van der Waals surface area contributed by atoms with Crippen LogP contribution in [0.2, 0.25) is 0 Å². The van der Waals surface area contributed by atoms with Gasteiger partial charge in [-0.3, -0.25) is 0 Å². The molecule has 0 aliphatic rings. The molecule has 0 unspecified atom stereocenters. The van der Waals surface area contributed by atoms with E-state index in [9.17, 15) is 0 Å². The van der Waals surface area contributed by atoms with E-state index in [0.717, 1.165) is 18.8 Å². The molecule has 0 spiro atoms. The van der Waals surface area contributed by atoms with Crippen molar-refractivity contribution in [3.05, 3.63) is 11.3 Å². The Balaban J connectivity index is 0. The number of hydrogen-bond acceptors (Lipinski definition) is 4. The van der Waals surface area contributed by atoms with Crippen molar-refractivity contribution in [2.75, 3.05) is 13.1 Å². The molecule has 0 radical (unpaired) electrons. The second-order valence-electron chi connectivity index (χ2n) is 7.16. The van der Waals surface area contributed by atoms with Crippen molar-refractivity contribution in [3.8, 4) is 6.07 Å². The molecule has 5 N–H and O–H groups in total. The summed E-state index contributed by atoms with van der Waals surface area (Å²) in [6, 6.07) is 1.99. The maximum atomic E-state index is 8.78. The molecule has 0 aromatic heterocycles. The average Bonchev–Trinajstić information content (AvgIpc) is 2.25. The number of allylic oxidation sites excluding steroid dienone is 1. The first kappa shape index (κ1) is 21.2. The smallest absolute Gasteiger partial charge is 0.116 e. The van der Waals surface area contributed by atoms with Crippen molar-refractivity contribution in [3.63, 3.8) is 0 Å². The van der Waals surface area contributed by atoms with Crippen molar-refractivity contribution in [2.24, 2.45) is 22.3 Å². The Kier molecular flexibility index (Phi) is 9.46. The first-order valence-corrected chi connectivity index (χ1v) is 7.09. The molecule has 20 heavy (non-hydrogen) atoms. The zero-order valence-electron chi connectivity index (χ0n) is 13.9. The van der Waals surface area contributed by atoms with Gasteiger partial charge in [-0.05, 0) is 24.3 Å². The molecule has 5 heteroatoms. The molecule has 116 valence electrons. The average molecular weight is 299 g/mol. The van der Waals surface area contributed by atoms with Crippen molar-refractivity contribution in [1.29, 1.82) is 5.26 Å². The summed E-state index contributed by atoms with van der Waals surface area (Å²) < 4.78 is 0. The zero-order chi connectivity index (χ0) is 16.6. The minimum Gasteiger partial charge on any atom is -0.389 e. The second kappa shape index (κ2) is 8.93. The van der Waals surface area contributed by atoms with E-state index >= 15 is 0 Å². The van der Waals surface area contributed by atoms with Crippen LogP contribution < -0.4 is 16.8 Å². The van der Waals surface area contributed by atoms with E-state index in [1.165, 1.54) is 0 Å². The largest absolute Gasteiger partial charge is 0.389 e. The molecule has 0 aromatic rings. The van der Waals surface area contributed by atoms with Gasteiger partial charge >= 0.3 is 0 Å². The molecule has 0 heterocycles. The lowest BCUT2D eigenvalue weighted by atomic mass is 9.97. The molecule has 0 atom stereocenters. The first-order valence-electron chi connectivity index (χ1n) is 6.69. The van der Waals surface area contributed by atoms with Crippen LogP contribution in [0, 0.1) is 22.2 Å². The van der Waals surface area contributed by atoms with Crippen LogP contribution in [0.4, 0.5) is 0 Å². The predicted octanol–water partition coefficient (Wildman–Crippen LogP) is 2.70. The molecule has 0 amide bonds. The van der Waals surface area contributed by atoms with Gasteiger partial charge in [-0.15, -0.1) is 0 Å². The van der Waals surface area contributed by atoms with Gasteiger partial charge in [0.1, 0.15) is 16.6 Å². The molecule has 0 saturated heterocycles. The van der Waals surface area contributed by atoms with Crippen LogP contribution in [0.25, 0.3) is 0 Å². The molecule has 4 nitrogen and oxygen atoms in total. The highest BCUT2D eigenvalue weighted by Gasteiger charge is 2.11. The summed E-state index contributed by atoms with van der Waals surface area (Å²) in [6.45, 7) is 16.1. The normalized spacial score (nSPS) is 12.6. The highest BCUT2D eigenvalue weighted by molar-refractivity contribution is 7.80. The molecule has 0 bridgehead atoms. The number of nitrogens with two attached hydrogens (primary N) is 2. The van der Waals surface area contributed by atoms with Gasteiger partial charge in [-0.1, -0.05) is 53.8 Å². The number of nitrogens with zero attached hydrogens (tertiary/aromatic N) is 1. The summed E-state index contributed by atoms with van der Waals surface area (Å²) >= 11 is 4.76. The Bertz CT molecular complexity index is 378. The van der Waals surface area contributed by atoms with E-state index in [1.807, 2.05) is 13.0 Å². The summed E-state index contributed by atoms with van der Waals surface area (Å²) in [6.07, 6.45) is 0. The fraction of sp³-hybridized carbons (Fsp3) is 0.733. The molecule has 0 rings (SSSR count). The van der Waals surface area contributed by atoms with Crippen LogP contribution in [0.3, 0.4) is 0 Å². The number of rotatable bonds is 3. The van der Waals surface area contributed by atoms with Crippen LogP contribution in [-0.2, 0) is 0 Å². The Morgan fingerprint density at radius 1 is 1.15 bits per heavy atom. The summed E-state index contributed by atoms with van der Waals surface area (Å²) in [7, 11) is 0. The quantitative estimate of drug-likeness (QED) is 0.423. The summed E-state index contributed by atoms with van der Waals surface area (Å²) in [5.74, 6) is 0. The number of thiocarbonyl (C=S) groups is 1. The van der Waals surface area contributed by atoms with E-state index in [-0.39, 0.29) is 10.4 Å². The van der Waals surface area contributed by atoms with Crippen LogP contribution in [0.5, 0.6) is 0 Å². The standard InChI is InChI=1S/C10H17N3S.C5H13N/c1-7(8(5-11)9(12)14)13-6-10(2,3)4;1-5(2,3)4-6/h13H,6H2,1-4H3,(H2,12,14);4,6H2,1-3H3/b8-7-;. The maximum absolute atomic E-state index is 8.78. The lowest BCUT2D eigenvalue weighted by molar-refractivity contribution is 0.397. The Labute approximate surface area is 129 Å². The van der Waals surface area contributed by atoms with Crippen molar-refractivity contribution < 1.29 is 0 Å². The van der Waals surface area contributed by atoms with Crippen LogP contribution >= 0.6 is 12.2 Å². The number of nitrogens with one attached hydrogen (secondary N) is 1. The SMILES string of the molecule is C/C(NCC(C)(C)C)=C(\C#N)C(N)=S.CC(C)(C)CN. The van der Waals surface area contributed by atoms with E-state index in [4.69, 9.17) is 28.9 Å². The molecule has 0 saturated carbocycles. The Hall–Kier alpha value is -1.12. The van der Waals surface area contributed by atoms with E-state index < -0.39 is 0 Å². The third-order valence-corrected chi connectivity index (χ3v) is 2.43. The molecular weight excluding hydrogens is 268 g/mol. The van der Waals surface area contributed by atoms with Gasteiger partial charge in [0.25, 0.3) is 0 Å².